The average Bonchev–Trinajstić information content (AvgIpc) is 2.91. The summed E-state index contributed by atoms with van der Waals surface area (Å²) >= 11 is 0. The van der Waals surface area contributed by atoms with Crippen molar-refractivity contribution in [3.05, 3.63) is 30.1 Å². The maximum absolute atomic E-state index is 10.9. The number of hydrogen-bond acceptors (Lipinski definition) is 3. The van der Waals surface area contributed by atoms with Gasteiger partial charge in [-0.1, -0.05) is 19.4 Å². The Kier molecular flexibility index (Phi) is 3.68. The van der Waals surface area contributed by atoms with E-state index in [4.69, 9.17) is 5.11 Å². The molecule has 1 amide bonds. The molecule has 0 aromatic carbocycles. The van der Waals surface area contributed by atoms with Gasteiger partial charge in [0.05, 0.1) is 17.4 Å². The highest BCUT2D eigenvalue weighted by molar-refractivity contribution is 5.73. The summed E-state index contributed by atoms with van der Waals surface area (Å²) in [5.41, 5.74) is 3.46. The lowest BCUT2D eigenvalue weighted by atomic mass is 10.1. The monoisotopic (exact) mass is 288 g/mol. The largest absolute Gasteiger partial charge is 0.465 e. The van der Waals surface area contributed by atoms with Crippen LogP contribution in [0.4, 0.5) is 10.5 Å². The van der Waals surface area contributed by atoms with E-state index in [0.717, 1.165) is 24.0 Å². The van der Waals surface area contributed by atoms with Crippen LogP contribution in [0, 0.1) is 0 Å². The molecule has 6 nitrogen and oxygen atoms in total. The van der Waals surface area contributed by atoms with E-state index in [1.165, 1.54) is 10.5 Å². The lowest BCUT2D eigenvalue weighted by Gasteiger charge is -2.33. The Morgan fingerprint density at radius 3 is 2.71 bits per heavy atom. The summed E-state index contributed by atoms with van der Waals surface area (Å²) in [6, 6.07) is 4.26. The lowest BCUT2D eigenvalue weighted by molar-refractivity contribution is 0.142. The fourth-order valence-corrected chi connectivity index (χ4v) is 2.83. The van der Waals surface area contributed by atoms with Crippen LogP contribution in [-0.4, -0.2) is 51.9 Å². The van der Waals surface area contributed by atoms with E-state index in [2.05, 4.69) is 35.3 Å². The summed E-state index contributed by atoms with van der Waals surface area (Å²) in [7, 11) is 0. The number of aryl methyl sites for hydroxylation is 1. The van der Waals surface area contributed by atoms with Crippen LogP contribution in [0.25, 0.3) is 5.52 Å². The van der Waals surface area contributed by atoms with Crippen molar-refractivity contribution in [2.75, 3.05) is 31.1 Å². The van der Waals surface area contributed by atoms with Gasteiger partial charge in [0.1, 0.15) is 0 Å². The number of piperazine rings is 1. The number of nitrogens with zero attached hydrogens (tertiary/aromatic N) is 4. The molecule has 0 bridgehead atoms. The Hall–Kier alpha value is -2.24. The minimum absolute atomic E-state index is 0.542. The van der Waals surface area contributed by atoms with Gasteiger partial charge >= 0.3 is 6.09 Å². The Morgan fingerprint density at radius 2 is 2.05 bits per heavy atom. The number of carboxylic acid groups (broad SMARTS) is 1. The molecule has 1 N–H and O–H groups in total. The first-order chi connectivity index (χ1) is 10.2. The molecule has 0 atom stereocenters. The molecule has 1 fully saturated rings. The maximum Gasteiger partial charge on any atom is 0.407 e. The van der Waals surface area contributed by atoms with Gasteiger partial charge in [0, 0.05) is 32.4 Å². The molecule has 3 heterocycles. The molecule has 2 aromatic rings. The van der Waals surface area contributed by atoms with Gasteiger partial charge in [-0.25, -0.2) is 9.31 Å². The zero-order chi connectivity index (χ0) is 14.8. The van der Waals surface area contributed by atoms with Crippen LogP contribution in [0.3, 0.4) is 0 Å². The SMILES string of the molecule is CCCc1ccc2c(N3CCN(C(=O)O)CC3)cnn2c1. The number of aromatic nitrogens is 2. The van der Waals surface area contributed by atoms with Gasteiger partial charge in [0.2, 0.25) is 0 Å². The van der Waals surface area contributed by atoms with Gasteiger partial charge in [-0.15, -0.1) is 0 Å². The molecule has 21 heavy (non-hydrogen) atoms. The quantitative estimate of drug-likeness (QED) is 0.939. The van der Waals surface area contributed by atoms with Crippen LogP contribution in [-0.2, 0) is 6.42 Å². The van der Waals surface area contributed by atoms with E-state index in [1.807, 2.05) is 10.7 Å². The van der Waals surface area contributed by atoms with E-state index < -0.39 is 6.09 Å². The molecule has 0 unspecified atom stereocenters. The van der Waals surface area contributed by atoms with Crippen molar-refractivity contribution < 1.29 is 9.90 Å². The molecular formula is C15H20N4O2. The first-order valence-corrected chi connectivity index (χ1v) is 7.38. The average molecular weight is 288 g/mol. The molecule has 2 aromatic heterocycles. The molecule has 0 saturated carbocycles. The van der Waals surface area contributed by atoms with E-state index in [1.54, 1.807) is 0 Å². The number of rotatable bonds is 3. The zero-order valence-corrected chi connectivity index (χ0v) is 12.2. The van der Waals surface area contributed by atoms with Gasteiger partial charge < -0.3 is 14.9 Å². The molecule has 0 aliphatic carbocycles. The topological polar surface area (TPSA) is 61.1 Å². The van der Waals surface area contributed by atoms with Gasteiger partial charge in [-0.2, -0.15) is 5.10 Å². The molecular weight excluding hydrogens is 268 g/mol. The number of carbonyl (C=O) groups is 1. The van der Waals surface area contributed by atoms with Crippen LogP contribution in [0.15, 0.2) is 24.5 Å². The Labute approximate surface area is 123 Å². The lowest BCUT2D eigenvalue weighted by Crippen LogP contribution is -2.48. The number of amides is 1. The summed E-state index contributed by atoms with van der Waals surface area (Å²) < 4.78 is 1.92. The van der Waals surface area contributed by atoms with E-state index in [0.29, 0.717) is 26.2 Å². The van der Waals surface area contributed by atoms with Crippen LogP contribution < -0.4 is 4.90 Å². The van der Waals surface area contributed by atoms with E-state index in [-0.39, 0.29) is 0 Å². The Morgan fingerprint density at radius 1 is 1.29 bits per heavy atom. The predicted molar refractivity (Wildman–Crippen MR) is 81.0 cm³/mol. The van der Waals surface area contributed by atoms with Crippen molar-refractivity contribution in [2.45, 2.75) is 19.8 Å². The first kappa shape index (κ1) is 13.7. The molecule has 1 aliphatic heterocycles. The summed E-state index contributed by atoms with van der Waals surface area (Å²) in [6.45, 7) is 4.68. The summed E-state index contributed by atoms with van der Waals surface area (Å²) in [5, 5.41) is 13.4. The second-order valence-electron chi connectivity index (χ2n) is 5.40. The third kappa shape index (κ3) is 2.66. The smallest absolute Gasteiger partial charge is 0.407 e. The molecule has 112 valence electrons. The van der Waals surface area contributed by atoms with Crippen LogP contribution >= 0.6 is 0 Å². The van der Waals surface area contributed by atoms with Crippen molar-refractivity contribution >= 4 is 17.3 Å². The minimum atomic E-state index is -0.835. The molecule has 6 heteroatoms. The van der Waals surface area contributed by atoms with Crippen molar-refractivity contribution in [3.8, 4) is 0 Å². The van der Waals surface area contributed by atoms with E-state index >= 15 is 0 Å². The van der Waals surface area contributed by atoms with Gasteiger partial charge in [0.25, 0.3) is 0 Å². The fraction of sp³-hybridized carbons (Fsp3) is 0.467. The summed E-state index contributed by atoms with van der Waals surface area (Å²) in [4.78, 5) is 14.6. The van der Waals surface area contributed by atoms with Gasteiger partial charge in [-0.3, -0.25) is 0 Å². The summed E-state index contributed by atoms with van der Waals surface area (Å²) in [5.74, 6) is 0. The number of pyridine rings is 1. The van der Waals surface area contributed by atoms with Crippen LogP contribution in [0.2, 0.25) is 0 Å². The normalized spacial score (nSPS) is 15.7. The number of hydrogen-bond donors (Lipinski definition) is 1. The molecule has 0 radical (unpaired) electrons. The number of anilines is 1. The predicted octanol–water partition coefficient (Wildman–Crippen LogP) is 2.09. The standard InChI is InChI=1S/C15H20N4O2/c1-2-3-12-4-5-13-14(10-16-19(13)11-12)17-6-8-18(9-7-17)15(20)21/h4-5,10-11H,2-3,6-9H2,1H3,(H,20,21). The first-order valence-electron chi connectivity index (χ1n) is 7.38. The molecule has 0 spiro atoms. The second-order valence-corrected chi connectivity index (χ2v) is 5.40. The van der Waals surface area contributed by atoms with Crippen molar-refractivity contribution in [2.24, 2.45) is 0 Å². The maximum atomic E-state index is 10.9. The number of fused-ring (bicyclic) bond motifs is 1. The third-order valence-electron chi connectivity index (χ3n) is 3.99. The zero-order valence-electron chi connectivity index (χ0n) is 12.2. The Balaban J connectivity index is 1.80. The highest BCUT2D eigenvalue weighted by Gasteiger charge is 2.22. The van der Waals surface area contributed by atoms with Crippen molar-refractivity contribution in [3.63, 3.8) is 0 Å². The highest BCUT2D eigenvalue weighted by atomic mass is 16.4. The molecule has 1 saturated heterocycles. The molecule has 1 aliphatic rings. The highest BCUT2D eigenvalue weighted by Crippen LogP contribution is 2.23. The fourth-order valence-electron chi connectivity index (χ4n) is 2.83. The third-order valence-corrected chi connectivity index (χ3v) is 3.99. The van der Waals surface area contributed by atoms with Crippen LogP contribution in [0.1, 0.15) is 18.9 Å². The summed E-state index contributed by atoms with van der Waals surface area (Å²) in [6.07, 6.45) is 5.30. The Bertz CT molecular complexity index is 644. The van der Waals surface area contributed by atoms with Gasteiger partial charge in [-0.05, 0) is 18.1 Å². The molecule has 3 rings (SSSR count). The van der Waals surface area contributed by atoms with E-state index in [9.17, 15) is 4.79 Å². The van der Waals surface area contributed by atoms with Crippen molar-refractivity contribution in [1.82, 2.24) is 14.5 Å². The second kappa shape index (κ2) is 5.63. The van der Waals surface area contributed by atoms with Crippen LogP contribution in [0.5, 0.6) is 0 Å². The van der Waals surface area contributed by atoms with Gasteiger partial charge in [0.15, 0.2) is 0 Å². The van der Waals surface area contributed by atoms with Crippen molar-refractivity contribution in [1.29, 1.82) is 0 Å². The minimum Gasteiger partial charge on any atom is -0.465 e.